The van der Waals surface area contributed by atoms with Crippen LogP contribution in [-0.2, 0) is 14.3 Å². The van der Waals surface area contributed by atoms with Crippen LogP contribution >= 0.6 is 0 Å². The molecule has 0 bridgehead atoms. The average Bonchev–Trinajstić information content (AvgIpc) is 2.21. The van der Waals surface area contributed by atoms with Crippen molar-refractivity contribution in [1.29, 1.82) is 0 Å². The van der Waals surface area contributed by atoms with Crippen molar-refractivity contribution < 1.29 is 32.2 Å². The van der Waals surface area contributed by atoms with Crippen LogP contribution in [0.1, 0.15) is 20.8 Å². The first-order chi connectivity index (χ1) is 8.17. The molecule has 18 heavy (non-hydrogen) atoms. The van der Waals surface area contributed by atoms with Crippen molar-refractivity contribution in [3.05, 3.63) is 0 Å². The number of rotatable bonds is 5. The summed E-state index contributed by atoms with van der Waals surface area (Å²) >= 11 is 0. The van der Waals surface area contributed by atoms with Gasteiger partial charge >= 0.3 is 18.2 Å². The zero-order valence-corrected chi connectivity index (χ0v) is 10.4. The largest absolute Gasteiger partial charge is 0.465 e. The van der Waals surface area contributed by atoms with Crippen molar-refractivity contribution in [2.75, 3.05) is 19.8 Å². The molecule has 8 heteroatoms. The third-order valence-electron chi connectivity index (χ3n) is 1.82. The second-order valence-electron chi connectivity index (χ2n) is 3.70. The second-order valence-corrected chi connectivity index (χ2v) is 3.70. The van der Waals surface area contributed by atoms with Gasteiger partial charge in [-0.25, -0.2) is 4.79 Å². The fraction of sp³-hybridized carbons (Fsp3) is 0.800. The van der Waals surface area contributed by atoms with E-state index in [-0.39, 0.29) is 6.61 Å². The Morgan fingerprint density at radius 2 is 1.78 bits per heavy atom. The molecule has 0 fully saturated rings. The topological polar surface area (TPSA) is 55.8 Å². The van der Waals surface area contributed by atoms with Gasteiger partial charge in [0.15, 0.2) is 6.61 Å². The molecule has 0 aliphatic heterocycles. The van der Waals surface area contributed by atoms with Crippen LogP contribution in [0.25, 0.3) is 0 Å². The van der Waals surface area contributed by atoms with E-state index in [1.165, 1.54) is 0 Å². The number of amides is 1. The van der Waals surface area contributed by atoms with Crippen molar-refractivity contribution in [3.63, 3.8) is 0 Å². The minimum Gasteiger partial charge on any atom is -0.465 e. The van der Waals surface area contributed by atoms with E-state index >= 15 is 0 Å². The first-order valence-corrected chi connectivity index (χ1v) is 5.33. The van der Waals surface area contributed by atoms with Crippen LogP contribution in [0.4, 0.5) is 18.0 Å². The monoisotopic (exact) mass is 271 g/mol. The summed E-state index contributed by atoms with van der Waals surface area (Å²) in [4.78, 5) is 23.4. The molecule has 1 amide bonds. The molecular weight excluding hydrogens is 255 g/mol. The summed E-state index contributed by atoms with van der Waals surface area (Å²) in [5.41, 5.74) is 0. The summed E-state index contributed by atoms with van der Waals surface area (Å²) in [5.74, 6) is -0.699. The molecule has 0 aromatic carbocycles. The first-order valence-electron chi connectivity index (χ1n) is 5.33. The minimum absolute atomic E-state index is 0.127. The predicted molar refractivity (Wildman–Crippen MR) is 55.9 cm³/mol. The molecule has 0 heterocycles. The van der Waals surface area contributed by atoms with Gasteiger partial charge in [-0.1, -0.05) is 0 Å². The Labute approximate surface area is 103 Å². The van der Waals surface area contributed by atoms with Crippen molar-refractivity contribution >= 4 is 12.1 Å². The Morgan fingerprint density at radius 1 is 1.22 bits per heavy atom. The Balaban J connectivity index is 4.41. The third kappa shape index (κ3) is 6.97. The van der Waals surface area contributed by atoms with E-state index in [4.69, 9.17) is 0 Å². The van der Waals surface area contributed by atoms with E-state index in [0.717, 1.165) is 4.90 Å². The van der Waals surface area contributed by atoms with Crippen LogP contribution in [0.3, 0.4) is 0 Å². The fourth-order valence-corrected chi connectivity index (χ4v) is 1.03. The van der Waals surface area contributed by atoms with E-state index in [0.29, 0.717) is 0 Å². The molecule has 0 aliphatic rings. The summed E-state index contributed by atoms with van der Waals surface area (Å²) in [6.45, 7) is 2.68. The van der Waals surface area contributed by atoms with E-state index in [9.17, 15) is 22.8 Å². The molecular formula is C10H16F3NO4. The number of esters is 1. The maximum Gasteiger partial charge on any atom is 0.422 e. The molecule has 0 aromatic rings. The summed E-state index contributed by atoms with van der Waals surface area (Å²) < 4.78 is 44.3. The highest BCUT2D eigenvalue weighted by atomic mass is 19.4. The zero-order chi connectivity index (χ0) is 14.3. The second kappa shape index (κ2) is 7.07. The number of hydrogen-bond donors (Lipinski definition) is 0. The van der Waals surface area contributed by atoms with Gasteiger partial charge in [0, 0.05) is 6.04 Å². The van der Waals surface area contributed by atoms with Gasteiger partial charge in [-0.05, 0) is 20.8 Å². The molecule has 0 spiro atoms. The highest BCUT2D eigenvalue weighted by Gasteiger charge is 2.31. The maximum atomic E-state index is 11.9. The van der Waals surface area contributed by atoms with Gasteiger partial charge in [0.1, 0.15) is 6.54 Å². The lowest BCUT2D eigenvalue weighted by molar-refractivity contribution is -0.163. The lowest BCUT2D eigenvalue weighted by Gasteiger charge is -2.25. The van der Waals surface area contributed by atoms with Crippen molar-refractivity contribution in [1.82, 2.24) is 4.90 Å². The number of nitrogens with zero attached hydrogens (tertiary/aromatic N) is 1. The molecule has 5 nitrogen and oxygen atoms in total. The first kappa shape index (κ1) is 16.5. The van der Waals surface area contributed by atoms with Crippen LogP contribution in [0, 0.1) is 0 Å². The van der Waals surface area contributed by atoms with Crippen LogP contribution in [0.15, 0.2) is 0 Å². The predicted octanol–water partition coefficient (Wildman–Crippen LogP) is 1.96. The van der Waals surface area contributed by atoms with Gasteiger partial charge in [0.25, 0.3) is 0 Å². The lowest BCUT2D eigenvalue weighted by atomic mass is 10.3. The molecule has 0 rings (SSSR count). The Morgan fingerprint density at radius 3 is 2.17 bits per heavy atom. The fourth-order valence-electron chi connectivity index (χ4n) is 1.03. The Bertz CT molecular complexity index is 291. The lowest BCUT2D eigenvalue weighted by Crippen LogP contribution is -2.42. The minimum atomic E-state index is -4.60. The molecule has 0 saturated heterocycles. The van der Waals surface area contributed by atoms with Gasteiger partial charge in [-0.2, -0.15) is 13.2 Å². The van der Waals surface area contributed by atoms with E-state index in [1.807, 2.05) is 0 Å². The Kier molecular flexibility index (Phi) is 6.50. The van der Waals surface area contributed by atoms with Gasteiger partial charge in [0.05, 0.1) is 6.61 Å². The zero-order valence-electron chi connectivity index (χ0n) is 10.4. The number of alkyl halides is 3. The van der Waals surface area contributed by atoms with Crippen LogP contribution < -0.4 is 0 Å². The molecule has 0 unspecified atom stereocenters. The average molecular weight is 271 g/mol. The van der Waals surface area contributed by atoms with E-state index < -0.39 is 37.4 Å². The standard InChI is InChI=1S/C10H16F3NO4/c1-4-17-8(15)5-14(7(2)3)9(16)18-6-10(11,12)13/h7H,4-6H2,1-3H3. The highest BCUT2D eigenvalue weighted by molar-refractivity contribution is 5.78. The van der Waals surface area contributed by atoms with Crippen molar-refractivity contribution in [3.8, 4) is 0 Å². The number of carbonyl (C=O) groups excluding carboxylic acids is 2. The van der Waals surface area contributed by atoms with Gasteiger partial charge in [-0.15, -0.1) is 0 Å². The summed E-state index contributed by atoms with van der Waals surface area (Å²) in [6.07, 6.45) is -5.79. The number of hydrogen-bond acceptors (Lipinski definition) is 4. The summed E-state index contributed by atoms with van der Waals surface area (Å²) in [7, 11) is 0. The van der Waals surface area contributed by atoms with Crippen LogP contribution in [0.5, 0.6) is 0 Å². The van der Waals surface area contributed by atoms with Gasteiger partial charge in [-0.3, -0.25) is 9.69 Å². The Hall–Kier alpha value is -1.47. The maximum absolute atomic E-state index is 11.9. The number of ether oxygens (including phenoxy) is 2. The van der Waals surface area contributed by atoms with Gasteiger partial charge < -0.3 is 9.47 Å². The SMILES string of the molecule is CCOC(=O)CN(C(=O)OCC(F)(F)F)C(C)C. The number of halogens is 3. The molecule has 0 N–H and O–H groups in total. The van der Waals surface area contributed by atoms with E-state index in [2.05, 4.69) is 9.47 Å². The molecule has 0 saturated carbocycles. The van der Waals surface area contributed by atoms with Crippen LogP contribution in [-0.4, -0.2) is 48.9 Å². The van der Waals surface area contributed by atoms with Gasteiger partial charge in [0.2, 0.25) is 0 Å². The normalized spacial score (nSPS) is 11.3. The molecule has 0 aliphatic carbocycles. The van der Waals surface area contributed by atoms with Crippen molar-refractivity contribution in [2.45, 2.75) is 33.0 Å². The molecule has 106 valence electrons. The van der Waals surface area contributed by atoms with Crippen molar-refractivity contribution in [2.24, 2.45) is 0 Å². The highest BCUT2D eigenvalue weighted by Crippen LogP contribution is 2.15. The van der Waals surface area contributed by atoms with Crippen LogP contribution in [0.2, 0.25) is 0 Å². The third-order valence-corrected chi connectivity index (χ3v) is 1.82. The molecule has 0 atom stereocenters. The quantitative estimate of drug-likeness (QED) is 0.717. The smallest absolute Gasteiger partial charge is 0.422 e. The summed E-state index contributed by atoms with van der Waals surface area (Å²) in [6, 6.07) is -0.477. The molecule has 0 radical (unpaired) electrons. The molecule has 0 aromatic heterocycles. The summed E-state index contributed by atoms with van der Waals surface area (Å²) in [5, 5.41) is 0. The van der Waals surface area contributed by atoms with E-state index in [1.54, 1.807) is 20.8 Å². The number of carbonyl (C=O) groups is 2.